The summed E-state index contributed by atoms with van der Waals surface area (Å²) in [6.45, 7) is 3.67. The number of benzene rings is 1. The number of nitrogens with zero attached hydrogens (tertiary/aromatic N) is 2. The first-order valence-corrected chi connectivity index (χ1v) is 7.73. The minimum absolute atomic E-state index is 0.0879. The SMILES string of the molecule is CCCN(CC(=O)O)C(=O)CN(CCc1ccccc1)C(C)=O. The van der Waals surface area contributed by atoms with Crippen molar-refractivity contribution in [2.45, 2.75) is 26.7 Å². The van der Waals surface area contributed by atoms with Crippen LogP contribution in [0.25, 0.3) is 0 Å². The van der Waals surface area contributed by atoms with Gasteiger partial charge < -0.3 is 14.9 Å². The molecule has 0 saturated heterocycles. The molecule has 0 aliphatic rings. The number of hydrogen-bond acceptors (Lipinski definition) is 3. The summed E-state index contributed by atoms with van der Waals surface area (Å²) in [6, 6.07) is 9.70. The molecule has 0 aliphatic carbocycles. The Balaban J connectivity index is 2.64. The van der Waals surface area contributed by atoms with E-state index in [0.717, 1.165) is 5.56 Å². The zero-order valence-electron chi connectivity index (χ0n) is 13.7. The van der Waals surface area contributed by atoms with Crippen LogP contribution in [-0.4, -0.2) is 58.9 Å². The predicted molar refractivity (Wildman–Crippen MR) is 86.9 cm³/mol. The Labute approximate surface area is 136 Å². The van der Waals surface area contributed by atoms with E-state index in [1.807, 2.05) is 37.3 Å². The van der Waals surface area contributed by atoms with E-state index >= 15 is 0 Å². The molecule has 6 nitrogen and oxygen atoms in total. The summed E-state index contributed by atoms with van der Waals surface area (Å²) in [6.07, 6.45) is 1.32. The normalized spacial score (nSPS) is 10.2. The summed E-state index contributed by atoms with van der Waals surface area (Å²) in [7, 11) is 0. The molecule has 126 valence electrons. The summed E-state index contributed by atoms with van der Waals surface area (Å²) in [5.41, 5.74) is 1.09. The second kappa shape index (κ2) is 9.61. The summed E-state index contributed by atoms with van der Waals surface area (Å²) in [5, 5.41) is 8.88. The van der Waals surface area contributed by atoms with Gasteiger partial charge >= 0.3 is 5.97 Å². The van der Waals surface area contributed by atoms with Gasteiger partial charge in [0.05, 0.1) is 6.54 Å². The Bertz CT molecular complexity index is 531. The third-order valence-corrected chi connectivity index (χ3v) is 3.46. The first kappa shape index (κ1) is 18.7. The Kier molecular flexibility index (Phi) is 7.80. The van der Waals surface area contributed by atoms with Crippen LogP contribution >= 0.6 is 0 Å². The molecule has 0 aliphatic heterocycles. The van der Waals surface area contributed by atoms with Gasteiger partial charge in [0.2, 0.25) is 11.8 Å². The van der Waals surface area contributed by atoms with Gasteiger partial charge in [0.25, 0.3) is 0 Å². The molecule has 1 aromatic carbocycles. The summed E-state index contributed by atoms with van der Waals surface area (Å²) in [4.78, 5) is 37.6. The molecule has 0 unspecified atom stereocenters. The third kappa shape index (κ3) is 6.95. The van der Waals surface area contributed by atoms with Gasteiger partial charge in [-0.2, -0.15) is 0 Å². The maximum absolute atomic E-state index is 12.3. The topological polar surface area (TPSA) is 77.9 Å². The standard InChI is InChI=1S/C17H24N2O4/c1-3-10-19(13-17(22)23)16(21)12-18(14(2)20)11-9-15-7-5-4-6-8-15/h4-8H,3,9-13H2,1-2H3,(H,22,23). The highest BCUT2D eigenvalue weighted by molar-refractivity contribution is 5.86. The summed E-state index contributed by atoms with van der Waals surface area (Å²) < 4.78 is 0. The lowest BCUT2D eigenvalue weighted by atomic mass is 10.1. The van der Waals surface area contributed by atoms with E-state index in [4.69, 9.17) is 5.11 Å². The fourth-order valence-electron chi connectivity index (χ4n) is 2.24. The van der Waals surface area contributed by atoms with E-state index in [9.17, 15) is 14.4 Å². The summed E-state index contributed by atoms with van der Waals surface area (Å²) in [5.74, 6) is -1.58. The van der Waals surface area contributed by atoms with Crippen molar-refractivity contribution in [2.75, 3.05) is 26.2 Å². The molecular weight excluding hydrogens is 296 g/mol. The minimum Gasteiger partial charge on any atom is -0.480 e. The molecule has 0 spiro atoms. The average molecular weight is 320 g/mol. The van der Waals surface area contributed by atoms with E-state index in [0.29, 0.717) is 25.9 Å². The molecule has 0 aromatic heterocycles. The van der Waals surface area contributed by atoms with E-state index in [1.54, 1.807) is 0 Å². The van der Waals surface area contributed by atoms with Crippen molar-refractivity contribution in [2.24, 2.45) is 0 Å². The van der Waals surface area contributed by atoms with Gasteiger partial charge in [-0.25, -0.2) is 0 Å². The van der Waals surface area contributed by atoms with Crippen LogP contribution in [0.15, 0.2) is 30.3 Å². The maximum atomic E-state index is 12.3. The van der Waals surface area contributed by atoms with E-state index < -0.39 is 5.97 Å². The van der Waals surface area contributed by atoms with Crippen molar-refractivity contribution in [3.8, 4) is 0 Å². The maximum Gasteiger partial charge on any atom is 0.323 e. The Morgan fingerprint density at radius 3 is 2.17 bits per heavy atom. The van der Waals surface area contributed by atoms with Crippen LogP contribution in [0.3, 0.4) is 0 Å². The van der Waals surface area contributed by atoms with Crippen LogP contribution in [0.4, 0.5) is 0 Å². The van der Waals surface area contributed by atoms with Crippen LogP contribution in [0, 0.1) is 0 Å². The van der Waals surface area contributed by atoms with Gasteiger partial charge in [-0.3, -0.25) is 14.4 Å². The van der Waals surface area contributed by atoms with Crippen LogP contribution in [-0.2, 0) is 20.8 Å². The van der Waals surface area contributed by atoms with Crippen molar-refractivity contribution in [3.63, 3.8) is 0 Å². The van der Waals surface area contributed by atoms with Gasteiger partial charge in [0.15, 0.2) is 0 Å². The zero-order chi connectivity index (χ0) is 17.2. The fraction of sp³-hybridized carbons (Fsp3) is 0.471. The average Bonchev–Trinajstić information content (AvgIpc) is 2.51. The van der Waals surface area contributed by atoms with Gasteiger partial charge in [0, 0.05) is 20.0 Å². The Morgan fingerprint density at radius 2 is 1.65 bits per heavy atom. The molecule has 0 fully saturated rings. The number of hydrogen-bond donors (Lipinski definition) is 1. The van der Waals surface area contributed by atoms with Crippen LogP contribution < -0.4 is 0 Å². The number of amides is 2. The van der Waals surface area contributed by atoms with Gasteiger partial charge in [-0.15, -0.1) is 0 Å². The van der Waals surface area contributed by atoms with E-state index in [2.05, 4.69) is 0 Å². The molecule has 0 saturated carbocycles. The van der Waals surface area contributed by atoms with Gasteiger partial charge in [-0.05, 0) is 18.4 Å². The highest BCUT2D eigenvalue weighted by Gasteiger charge is 2.20. The Hall–Kier alpha value is -2.37. The summed E-state index contributed by atoms with van der Waals surface area (Å²) >= 11 is 0. The molecule has 0 bridgehead atoms. The number of carboxylic acid groups (broad SMARTS) is 1. The van der Waals surface area contributed by atoms with E-state index in [1.165, 1.54) is 16.7 Å². The smallest absolute Gasteiger partial charge is 0.323 e. The number of carbonyl (C=O) groups excluding carboxylic acids is 2. The lowest BCUT2D eigenvalue weighted by Gasteiger charge is -2.25. The predicted octanol–water partition coefficient (Wildman–Crippen LogP) is 1.40. The van der Waals surface area contributed by atoms with Crippen molar-refractivity contribution in [3.05, 3.63) is 35.9 Å². The minimum atomic E-state index is -1.05. The molecule has 2 amide bonds. The number of rotatable bonds is 9. The Morgan fingerprint density at radius 1 is 1.00 bits per heavy atom. The van der Waals surface area contributed by atoms with E-state index in [-0.39, 0.29) is 24.9 Å². The molecule has 1 N–H and O–H groups in total. The molecule has 1 aromatic rings. The van der Waals surface area contributed by atoms with Crippen molar-refractivity contribution in [1.29, 1.82) is 0 Å². The fourth-order valence-corrected chi connectivity index (χ4v) is 2.24. The first-order valence-electron chi connectivity index (χ1n) is 7.73. The van der Waals surface area contributed by atoms with Crippen LogP contribution in [0.2, 0.25) is 0 Å². The molecule has 0 atom stereocenters. The second-order valence-corrected chi connectivity index (χ2v) is 5.39. The van der Waals surface area contributed by atoms with Crippen molar-refractivity contribution in [1.82, 2.24) is 9.80 Å². The van der Waals surface area contributed by atoms with Crippen LogP contribution in [0.5, 0.6) is 0 Å². The quantitative estimate of drug-likeness (QED) is 0.746. The molecule has 6 heteroatoms. The van der Waals surface area contributed by atoms with Crippen molar-refractivity contribution < 1.29 is 19.5 Å². The first-order chi connectivity index (χ1) is 10.9. The van der Waals surface area contributed by atoms with Crippen LogP contribution in [0.1, 0.15) is 25.8 Å². The number of aliphatic carboxylic acids is 1. The van der Waals surface area contributed by atoms with Gasteiger partial charge in [-0.1, -0.05) is 37.3 Å². The molecular formula is C17H24N2O4. The largest absolute Gasteiger partial charge is 0.480 e. The van der Waals surface area contributed by atoms with Crippen molar-refractivity contribution >= 4 is 17.8 Å². The molecule has 23 heavy (non-hydrogen) atoms. The monoisotopic (exact) mass is 320 g/mol. The molecule has 1 rings (SSSR count). The second-order valence-electron chi connectivity index (χ2n) is 5.39. The highest BCUT2D eigenvalue weighted by Crippen LogP contribution is 2.03. The third-order valence-electron chi connectivity index (χ3n) is 3.46. The zero-order valence-corrected chi connectivity index (χ0v) is 13.7. The number of carbonyl (C=O) groups is 3. The highest BCUT2D eigenvalue weighted by atomic mass is 16.4. The molecule has 0 heterocycles. The lowest BCUT2D eigenvalue weighted by Crippen LogP contribution is -2.45. The molecule has 0 radical (unpaired) electrons. The lowest BCUT2D eigenvalue weighted by molar-refractivity contribution is -0.146. The van der Waals surface area contributed by atoms with Gasteiger partial charge in [0.1, 0.15) is 6.54 Å². The number of carboxylic acids is 1.